The highest BCUT2D eigenvalue weighted by atomic mass is 15.2. The first-order valence-corrected chi connectivity index (χ1v) is 6.51. The minimum absolute atomic E-state index is 0.438. The Morgan fingerprint density at radius 1 is 1.24 bits per heavy atom. The highest BCUT2D eigenvalue weighted by molar-refractivity contribution is 5.37. The molecule has 1 aromatic heterocycles. The van der Waals surface area contributed by atoms with Crippen molar-refractivity contribution in [2.75, 3.05) is 18.0 Å². The fraction of sp³-hybridized carbons (Fsp3) is 0.714. The van der Waals surface area contributed by atoms with Crippen LogP contribution in [0.5, 0.6) is 0 Å². The van der Waals surface area contributed by atoms with E-state index < -0.39 is 0 Å². The second kappa shape index (κ2) is 4.63. The Morgan fingerprint density at radius 3 is 2.41 bits per heavy atom. The van der Waals surface area contributed by atoms with Crippen molar-refractivity contribution in [2.24, 2.45) is 11.3 Å². The Bertz CT molecular complexity index is 373. The van der Waals surface area contributed by atoms with Gasteiger partial charge in [-0.25, -0.2) is 9.97 Å². The zero-order valence-corrected chi connectivity index (χ0v) is 11.4. The first-order valence-electron chi connectivity index (χ1n) is 6.51. The third kappa shape index (κ3) is 2.96. The molecule has 1 aliphatic rings. The molecule has 0 spiro atoms. The Labute approximate surface area is 104 Å². The summed E-state index contributed by atoms with van der Waals surface area (Å²) in [6.07, 6.45) is 4.40. The van der Waals surface area contributed by atoms with Crippen molar-refractivity contribution < 1.29 is 0 Å². The summed E-state index contributed by atoms with van der Waals surface area (Å²) in [5.41, 5.74) is 0.438. The van der Waals surface area contributed by atoms with Crippen LogP contribution in [0, 0.1) is 18.3 Å². The van der Waals surface area contributed by atoms with Gasteiger partial charge in [-0.2, -0.15) is 0 Å². The van der Waals surface area contributed by atoms with Gasteiger partial charge in [-0.3, -0.25) is 0 Å². The largest absolute Gasteiger partial charge is 0.356 e. The number of nitrogens with zero attached hydrogens (tertiary/aromatic N) is 3. The van der Waals surface area contributed by atoms with Gasteiger partial charge in [-0.1, -0.05) is 20.8 Å². The highest BCUT2D eigenvalue weighted by Crippen LogP contribution is 2.35. The van der Waals surface area contributed by atoms with Gasteiger partial charge in [-0.05, 0) is 37.2 Å². The maximum absolute atomic E-state index is 4.50. The molecule has 2 heterocycles. The molecule has 1 aliphatic heterocycles. The second-order valence-electron chi connectivity index (χ2n) is 6.09. The summed E-state index contributed by atoms with van der Waals surface area (Å²) >= 11 is 0. The third-order valence-electron chi connectivity index (χ3n) is 3.81. The molecule has 1 aromatic rings. The lowest BCUT2D eigenvalue weighted by molar-refractivity contribution is 0.198. The molecule has 0 saturated carbocycles. The lowest BCUT2D eigenvalue weighted by atomic mass is 9.75. The van der Waals surface area contributed by atoms with Crippen molar-refractivity contribution >= 4 is 5.82 Å². The van der Waals surface area contributed by atoms with E-state index in [-0.39, 0.29) is 0 Å². The lowest BCUT2D eigenvalue weighted by Crippen LogP contribution is -2.38. The van der Waals surface area contributed by atoms with Crippen LogP contribution in [0.15, 0.2) is 12.3 Å². The van der Waals surface area contributed by atoms with E-state index >= 15 is 0 Å². The van der Waals surface area contributed by atoms with E-state index in [1.165, 1.54) is 12.8 Å². The number of aryl methyl sites for hydroxylation is 1. The average molecular weight is 233 g/mol. The van der Waals surface area contributed by atoms with Gasteiger partial charge >= 0.3 is 0 Å². The van der Waals surface area contributed by atoms with E-state index in [1.807, 2.05) is 19.2 Å². The van der Waals surface area contributed by atoms with E-state index in [1.54, 1.807) is 0 Å². The van der Waals surface area contributed by atoms with E-state index in [0.717, 1.165) is 30.6 Å². The minimum atomic E-state index is 0.438. The van der Waals surface area contributed by atoms with Crippen LogP contribution >= 0.6 is 0 Å². The van der Waals surface area contributed by atoms with Gasteiger partial charge in [0.2, 0.25) is 0 Å². The number of rotatable bonds is 1. The van der Waals surface area contributed by atoms with Crippen molar-refractivity contribution in [3.05, 3.63) is 18.1 Å². The first kappa shape index (κ1) is 12.3. The Morgan fingerprint density at radius 2 is 1.88 bits per heavy atom. The zero-order chi connectivity index (χ0) is 12.5. The molecule has 17 heavy (non-hydrogen) atoms. The fourth-order valence-electron chi connectivity index (χ4n) is 2.59. The number of aromatic nitrogens is 2. The topological polar surface area (TPSA) is 29.0 Å². The SMILES string of the molecule is Cc1nccc(N2CCC(C(C)(C)C)CC2)n1. The van der Waals surface area contributed by atoms with Crippen LogP contribution in [0.1, 0.15) is 39.4 Å². The van der Waals surface area contributed by atoms with Gasteiger partial charge in [0.1, 0.15) is 11.6 Å². The van der Waals surface area contributed by atoms with Crippen molar-refractivity contribution in [1.29, 1.82) is 0 Å². The van der Waals surface area contributed by atoms with Crippen molar-refractivity contribution in [3.63, 3.8) is 0 Å². The quantitative estimate of drug-likeness (QED) is 0.746. The van der Waals surface area contributed by atoms with Gasteiger partial charge in [0, 0.05) is 19.3 Å². The van der Waals surface area contributed by atoms with E-state index in [9.17, 15) is 0 Å². The maximum Gasteiger partial charge on any atom is 0.132 e. The van der Waals surface area contributed by atoms with Gasteiger partial charge in [-0.15, -0.1) is 0 Å². The molecule has 0 aliphatic carbocycles. The summed E-state index contributed by atoms with van der Waals surface area (Å²) in [6, 6.07) is 2.02. The smallest absolute Gasteiger partial charge is 0.132 e. The third-order valence-corrected chi connectivity index (χ3v) is 3.81. The zero-order valence-electron chi connectivity index (χ0n) is 11.4. The molecule has 0 radical (unpaired) electrons. The van der Waals surface area contributed by atoms with Crippen LogP contribution in [0.3, 0.4) is 0 Å². The molecule has 0 unspecified atom stereocenters. The molecular weight excluding hydrogens is 210 g/mol. The molecule has 0 aromatic carbocycles. The molecule has 2 rings (SSSR count). The molecule has 3 nitrogen and oxygen atoms in total. The van der Waals surface area contributed by atoms with Crippen LogP contribution in [0.25, 0.3) is 0 Å². The number of hydrogen-bond donors (Lipinski definition) is 0. The number of anilines is 1. The molecule has 1 fully saturated rings. The Hall–Kier alpha value is -1.12. The predicted molar refractivity (Wildman–Crippen MR) is 71.2 cm³/mol. The van der Waals surface area contributed by atoms with Crippen molar-refractivity contribution in [2.45, 2.75) is 40.5 Å². The molecular formula is C14H23N3. The van der Waals surface area contributed by atoms with Gasteiger partial charge in [0.05, 0.1) is 0 Å². The molecule has 0 bridgehead atoms. The predicted octanol–water partition coefficient (Wildman–Crippen LogP) is 3.05. The summed E-state index contributed by atoms with van der Waals surface area (Å²) in [5.74, 6) is 2.78. The van der Waals surface area contributed by atoms with Crippen LogP contribution in [0.2, 0.25) is 0 Å². The molecule has 0 N–H and O–H groups in total. The summed E-state index contributed by atoms with van der Waals surface area (Å²) < 4.78 is 0. The molecule has 0 amide bonds. The molecule has 94 valence electrons. The number of piperidine rings is 1. The Balaban J connectivity index is 2.00. The Kier molecular flexibility index (Phi) is 3.36. The highest BCUT2D eigenvalue weighted by Gasteiger charge is 2.29. The summed E-state index contributed by atoms with van der Waals surface area (Å²) in [4.78, 5) is 11.0. The maximum atomic E-state index is 4.50. The second-order valence-corrected chi connectivity index (χ2v) is 6.09. The molecule has 0 atom stereocenters. The van der Waals surface area contributed by atoms with Crippen molar-refractivity contribution in [3.8, 4) is 0 Å². The van der Waals surface area contributed by atoms with Crippen LogP contribution in [0.4, 0.5) is 5.82 Å². The molecule has 3 heteroatoms. The molecule has 1 saturated heterocycles. The van der Waals surface area contributed by atoms with Gasteiger partial charge in [0.15, 0.2) is 0 Å². The van der Waals surface area contributed by atoms with Crippen LogP contribution in [-0.2, 0) is 0 Å². The summed E-state index contributed by atoms with van der Waals surface area (Å²) in [7, 11) is 0. The van der Waals surface area contributed by atoms with Gasteiger partial charge < -0.3 is 4.90 Å². The standard InChI is InChI=1S/C14H23N3/c1-11-15-8-5-13(16-11)17-9-6-12(7-10-17)14(2,3)4/h5,8,12H,6-7,9-10H2,1-4H3. The van der Waals surface area contributed by atoms with Crippen LogP contribution in [-0.4, -0.2) is 23.1 Å². The monoisotopic (exact) mass is 233 g/mol. The first-order chi connectivity index (χ1) is 7.97. The lowest BCUT2D eigenvalue weighted by Gasteiger charge is -2.39. The minimum Gasteiger partial charge on any atom is -0.356 e. The fourth-order valence-corrected chi connectivity index (χ4v) is 2.59. The van der Waals surface area contributed by atoms with Crippen molar-refractivity contribution in [1.82, 2.24) is 9.97 Å². The van der Waals surface area contributed by atoms with Gasteiger partial charge in [0.25, 0.3) is 0 Å². The number of hydrogen-bond acceptors (Lipinski definition) is 3. The van der Waals surface area contributed by atoms with E-state index in [4.69, 9.17) is 0 Å². The van der Waals surface area contributed by atoms with Crippen LogP contribution < -0.4 is 4.90 Å². The summed E-state index contributed by atoms with van der Waals surface area (Å²) in [6.45, 7) is 11.2. The summed E-state index contributed by atoms with van der Waals surface area (Å²) in [5, 5.41) is 0. The average Bonchev–Trinajstić information content (AvgIpc) is 2.28. The van der Waals surface area contributed by atoms with E-state index in [0.29, 0.717) is 5.41 Å². The van der Waals surface area contributed by atoms with E-state index in [2.05, 4.69) is 35.6 Å². The normalized spacial score (nSPS) is 18.5.